The Kier molecular flexibility index (Phi) is 10.1. The Hall–Kier alpha value is -3.85. The number of ether oxygens (including phenoxy) is 8. The second-order valence-corrected chi connectivity index (χ2v) is 13.3. The molecule has 2 aliphatic heterocycles. The molecule has 0 amide bonds. The third-order valence-electron chi connectivity index (χ3n) is 9.42. The highest BCUT2D eigenvalue weighted by atomic mass is 32.2. The highest BCUT2D eigenvalue weighted by Gasteiger charge is 2.78. The Balaban J connectivity index is 1.46. The molecule has 12 nitrogen and oxygen atoms in total. The molecule has 6 rings (SSSR count). The van der Waals surface area contributed by atoms with E-state index >= 15 is 0 Å². The van der Waals surface area contributed by atoms with Crippen LogP contribution in [0.5, 0.6) is 23.0 Å². The van der Waals surface area contributed by atoms with E-state index in [1.165, 1.54) is 40.0 Å². The minimum absolute atomic E-state index is 0.0147. The van der Waals surface area contributed by atoms with Crippen LogP contribution in [-0.2, 0) is 39.7 Å². The van der Waals surface area contributed by atoms with Gasteiger partial charge in [0.2, 0.25) is 6.29 Å². The first-order valence-electron chi connectivity index (χ1n) is 15.8. The summed E-state index contributed by atoms with van der Waals surface area (Å²) < 4.78 is 47.2. The second-order valence-electron chi connectivity index (χ2n) is 12.0. The maximum atomic E-state index is 13.5. The lowest BCUT2D eigenvalue weighted by atomic mass is 9.70. The largest absolute Gasteiger partial charge is 0.497 e. The third kappa shape index (κ3) is 5.92. The molecular formula is C36H40O12S. The molecule has 0 spiro atoms. The van der Waals surface area contributed by atoms with Gasteiger partial charge in [-0.1, -0.05) is 54.2 Å². The van der Waals surface area contributed by atoms with Crippen LogP contribution >= 0.6 is 11.8 Å². The topological polar surface area (TPSA) is 148 Å². The number of carbonyl (C=O) groups is 2. The van der Waals surface area contributed by atoms with E-state index < -0.39 is 47.7 Å². The van der Waals surface area contributed by atoms with Crippen molar-refractivity contribution in [2.75, 3.05) is 40.8 Å². The van der Waals surface area contributed by atoms with E-state index in [0.29, 0.717) is 29.1 Å². The quantitative estimate of drug-likeness (QED) is 0.280. The number of fused-ring (bicyclic) bond motifs is 3. The second kappa shape index (κ2) is 14.2. The monoisotopic (exact) mass is 696 g/mol. The smallest absolute Gasteiger partial charge is 0.312 e. The van der Waals surface area contributed by atoms with Crippen LogP contribution in [0.25, 0.3) is 0 Å². The van der Waals surface area contributed by atoms with Gasteiger partial charge in [-0.2, -0.15) is 0 Å². The Morgan fingerprint density at radius 1 is 0.959 bits per heavy atom. The van der Waals surface area contributed by atoms with E-state index in [-0.39, 0.29) is 40.6 Å². The molecule has 2 N–H and O–H groups in total. The fourth-order valence-electron chi connectivity index (χ4n) is 7.31. The van der Waals surface area contributed by atoms with E-state index in [9.17, 15) is 19.8 Å². The molecule has 13 heteroatoms. The van der Waals surface area contributed by atoms with Crippen LogP contribution in [-0.4, -0.2) is 86.9 Å². The van der Waals surface area contributed by atoms with Gasteiger partial charge in [-0.05, 0) is 29.7 Å². The summed E-state index contributed by atoms with van der Waals surface area (Å²) in [6, 6.07) is 19.1. The maximum absolute atomic E-state index is 13.5. The number of aliphatic hydroxyl groups is 2. The zero-order valence-electron chi connectivity index (χ0n) is 27.8. The summed E-state index contributed by atoms with van der Waals surface area (Å²) in [6.45, 7) is 1.77. The molecule has 1 aliphatic carbocycles. The summed E-state index contributed by atoms with van der Waals surface area (Å²) in [5, 5.41) is 25.2. The fourth-order valence-corrected chi connectivity index (χ4v) is 7.98. The zero-order valence-corrected chi connectivity index (χ0v) is 28.6. The lowest BCUT2D eigenvalue weighted by Gasteiger charge is -2.40. The van der Waals surface area contributed by atoms with Crippen molar-refractivity contribution in [2.45, 2.75) is 55.3 Å². The summed E-state index contributed by atoms with van der Waals surface area (Å²) in [6.07, 6.45) is -3.37. The molecule has 0 unspecified atom stereocenters. The highest BCUT2D eigenvalue weighted by molar-refractivity contribution is 8.13. The number of hydrogen-bond acceptors (Lipinski definition) is 13. The van der Waals surface area contributed by atoms with Crippen molar-refractivity contribution in [3.8, 4) is 23.0 Å². The van der Waals surface area contributed by atoms with Gasteiger partial charge in [0, 0.05) is 37.8 Å². The maximum Gasteiger partial charge on any atom is 0.312 e. The Morgan fingerprint density at radius 2 is 1.69 bits per heavy atom. The predicted molar refractivity (Wildman–Crippen MR) is 177 cm³/mol. The van der Waals surface area contributed by atoms with Crippen LogP contribution in [0, 0.1) is 5.92 Å². The number of hydrogen-bond donors (Lipinski definition) is 2. The molecule has 3 aliphatic rings. The van der Waals surface area contributed by atoms with Crippen LogP contribution in [0.3, 0.4) is 0 Å². The highest BCUT2D eigenvalue weighted by Crippen LogP contribution is 2.70. The standard InChI is InChI=1S/C36H40O12S/c1-20(37)49-16-15-24-19-45-33(44-5)34(46-24)47-25-17-26(42-3)30-27(18-25)48-36(22-11-13-23(41-2)14-12-22)29(21-9-7-6-8-10-21)28(32(39)43-4)31(38)35(30,36)40/h6-14,17-18,24,28-29,31,33-34,38,40H,15-16,19H2,1-5H3/t24-,28+,29+,31+,33+,34-,35-,36-/m0/s1. The molecule has 8 atom stereocenters. The Morgan fingerprint density at radius 3 is 2.33 bits per heavy atom. The van der Waals surface area contributed by atoms with Crippen molar-refractivity contribution in [1.29, 1.82) is 0 Å². The van der Waals surface area contributed by atoms with Crippen molar-refractivity contribution in [1.82, 2.24) is 0 Å². The summed E-state index contributed by atoms with van der Waals surface area (Å²) in [5.74, 6) is -1.21. The number of methoxy groups -OCH3 is 4. The number of benzene rings is 3. The van der Waals surface area contributed by atoms with Crippen LogP contribution in [0.15, 0.2) is 66.7 Å². The van der Waals surface area contributed by atoms with Crippen LogP contribution < -0.4 is 18.9 Å². The Labute approximate surface area is 288 Å². The van der Waals surface area contributed by atoms with Crippen LogP contribution in [0.4, 0.5) is 0 Å². The Bertz CT molecular complexity index is 1650. The molecule has 0 radical (unpaired) electrons. The number of thioether (sulfide) groups is 1. The van der Waals surface area contributed by atoms with E-state index in [1.807, 2.05) is 30.3 Å². The molecule has 2 heterocycles. The van der Waals surface area contributed by atoms with E-state index in [2.05, 4.69) is 0 Å². The first kappa shape index (κ1) is 35.0. The van der Waals surface area contributed by atoms with Gasteiger partial charge in [0.25, 0.3) is 6.29 Å². The van der Waals surface area contributed by atoms with Crippen molar-refractivity contribution >= 4 is 22.8 Å². The molecule has 262 valence electrons. The van der Waals surface area contributed by atoms with Gasteiger partial charge < -0.3 is 48.1 Å². The van der Waals surface area contributed by atoms with Crippen molar-refractivity contribution in [3.05, 3.63) is 83.4 Å². The molecule has 49 heavy (non-hydrogen) atoms. The summed E-state index contributed by atoms with van der Waals surface area (Å²) >= 11 is 1.20. The van der Waals surface area contributed by atoms with Crippen molar-refractivity contribution in [2.24, 2.45) is 5.92 Å². The molecule has 1 saturated carbocycles. The van der Waals surface area contributed by atoms with Gasteiger partial charge in [0.15, 0.2) is 16.3 Å². The summed E-state index contributed by atoms with van der Waals surface area (Å²) in [4.78, 5) is 24.9. The molecular weight excluding hydrogens is 656 g/mol. The zero-order chi connectivity index (χ0) is 34.9. The average molecular weight is 697 g/mol. The van der Waals surface area contributed by atoms with Gasteiger partial charge in [-0.3, -0.25) is 9.59 Å². The van der Waals surface area contributed by atoms with Crippen LogP contribution in [0.1, 0.15) is 36.0 Å². The lowest BCUT2D eigenvalue weighted by molar-refractivity contribution is -0.312. The van der Waals surface area contributed by atoms with Gasteiger partial charge in [0.1, 0.15) is 29.1 Å². The number of rotatable bonds is 11. The van der Waals surface area contributed by atoms with Gasteiger partial charge in [-0.15, -0.1) is 0 Å². The molecule has 3 aromatic rings. The summed E-state index contributed by atoms with van der Waals surface area (Å²) in [5.41, 5.74) is -2.73. The van der Waals surface area contributed by atoms with E-state index in [4.69, 9.17) is 37.9 Å². The SMILES string of the molecule is COC(=O)[C@H]1[C@@H](O)[C@@]2(O)c3c(OC)cc(O[C@@H]4O[C@@H](CCSC(C)=O)CO[C@H]4OC)cc3O[C@@]2(c2ccc(OC)cc2)[C@@H]1c1ccccc1. The molecule has 2 fully saturated rings. The lowest BCUT2D eigenvalue weighted by Crippen LogP contribution is -2.52. The molecule has 0 aromatic heterocycles. The van der Waals surface area contributed by atoms with Crippen LogP contribution in [0.2, 0.25) is 0 Å². The normalized spacial score (nSPS) is 30.1. The number of aliphatic hydroxyl groups excluding tert-OH is 1. The first-order chi connectivity index (χ1) is 23.6. The number of esters is 1. The van der Waals surface area contributed by atoms with E-state index in [1.54, 1.807) is 43.5 Å². The summed E-state index contributed by atoms with van der Waals surface area (Å²) in [7, 11) is 5.68. The predicted octanol–water partition coefficient (Wildman–Crippen LogP) is 3.89. The van der Waals surface area contributed by atoms with E-state index in [0.717, 1.165) is 0 Å². The molecule has 1 saturated heterocycles. The van der Waals surface area contributed by atoms with Gasteiger partial charge in [0.05, 0.1) is 45.5 Å². The van der Waals surface area contributed by atoms with Gasteiger partial charge in [-0.25, -0.2) is 0 Å². The van der Waals surface area contributed by atoms with Gasteiger partial charge >= 0.3 is 5.97 Å². The fraction of sp³-hybridized carbons (Fsp3) is 0.444. The third-order valence-corrected chi connectivity index (χ3v) is 10.3. The molecule has 0 bridgehead atoms. The average Bonchev–Trinajstić information content (AvgIpc) is 3.49. The number of carbonyl (C=O) groups excluding carboxylic acids is 2. The molecule has 3 aromatic carbocycles. The first-order valence-corrected chi connectivity index (χ1v) is 16.8. The minimum atomic E-state index is -2.22. The van der Waals surface area contributed by atoms with Crippen molar-refractivity contribution in [3.63, 3.8) is 0 Å². The minimum Gasteiger partial charge on any atom is -0.497 e. The van der Waals surface area contributed by atoms with Crippen molar-refractivity contribution < 1.29 is 57.7 Å².